The molecule has 0 spiro atoms. The summed E-state index contributed by atoms with van der Waals surface area (Å²) in [6.45, 7) is 2.76. The zero-order valence-electron chi connectivity index (χ0n) is 19.1. The zero-order chi connectivity index (χ0) is 23.9. The Kier molecular flexibility index (Phi) is 5.93. The predicted octanol–water partition coefficient (Wildman–Crippen LogP) is 6.53. The lowest BCUT2D eigenvalue weighted by Gasteiger charge is -2.35. The van der Waals surface area contributed by atoms with E-state index in [1.807, 2.05) is 35.9 Å². The molecule has 0 unspecified atom stereocenters. The van der Waals surface area contributed by atoms with Crippen LogP contribution < -0.4 is 4.74 Å². The number of rotatable bonds is 7. The molecule has 3 heterocycles. The van der Waals surface area contributed by atoms with Gasteiger partial charge in [-0.1, -0.05) is 25.5 Å². The molecule has 0 aliphatic heterocycles. The van der Waals surface area contributed by atoms with Gasteiger partial charge in [-0.2, -0.15) is 13.2 Å². The number of pyridine rings is 2. The van der Waals surface area contributed by atoms with Crippen molar-refractivity contribution >= 4 is 21.8 Å². The Balaban J connectivity index is 1.42. The molecule has 1 aliphatic carbocycles. The van der Waals surface area contributed by atoms with E-state index in [4.69, 9.17) is 9.47 Å². The van der Waals surface area contributed by atoms with E-state index in [1.54, 1.807) is 12.4 Å². The fraction of sp³-hybridized carbons (Fsp3) is 0.385. The number of benzene rings is 1. The average molecular weight is 470 g/mol. The van der Waals surface area contributed by atoms with E-state index in [0.29, 0.717) is 30.6 Å². The maximum absolute atomic E-state index is 13.9. The molecule has 1 aliphatic rings. The maximum Gasteiger partial charge on any atom is 0.421 e. The number of unbranched alkanes of at least 4 members (excludes halogenated alkanes) is 1. The fourth-order valence-electron chi connectivity index (χ4n) is 4.44. The van der Waals surface area contributed by atoms with Gasteiger partial charge < -0.3 is 14.0 Å². The Bertz CT molecular complexity index is 1330. The molecular weight excluding hydrogens is 443 g/mol. The summed E-state index contributed by atoms with van der Waals surface area (Å²) in [6.07, 6.45) is 3.31. The first-order chi connectivity index (χ1) is 16.3. The number of alkyl halides is 3. The van der Waals surface area contributed by atoms with Gasteiger partial charge in [-0.15, -0.1) is 0 Å². The van der Waals surface area contributed by atoms with E-state index < -0.39 is 11.7 Å². The van der Waals surface area contributed by atoms with Crippen LogP contribution in [-0.4, -0.2) is 33.3 Å². The van der Waals surface area contributed by atoms with E-state index in [9.17, 15) is 13.2 Å². The quantitative estimate of drug-likeness (QED) is 0.289. The fourth-order valence-corrected chi connectivity index (χ4v) is 4.44. The van der Waals surface area contributed by atoms with Gasteiger partial charge in [0.05, 0.1) is 11.6 Å². The Morgan fingerprint density at radius 3 is 2.59 bits per heavy atom. The summed E-state index contributed by atoms with van der Waals surface area (Å²) in [6, 6.07) is 8.67. The summed E-state index contributed by atoms with van der Waals surface area (Å²) in [5, 5.41) is 2.00. The molecule has 3 aromatic heterocycles. The van der Waals surface area contributed by atoms with Crippen molar-refractivity contribution < 1.29 is 22.6 Å². The van der Waals surface area contributed by atoms with Gasteiger partial charge in [0, 0.05) is 66.9 Å². The highest BCUT2D eigenvalue weighted by molar-refractivity contribution is 6.08. The van der Waals surface area contributed by atoms with Gasteiger partial charge >= 0.3 is 6.18 Å². The minimum atomic E-state index is -4.57. The third-order valence-electron chi connectivity index (χ3n) is 6.48. The minimum Gasteiger partial charge on any atom is -0.474 e. The van der Waals surface area contributed by atoms with Gasteiger partial charge in [0.2, 0.25) is 5.88 Å². The van der Waals surface area contributed by atoms with Gasteiger partial charge in [0.15, 0.2) is 0 Å². The summed E-state index contributed by atoms with van der Waals surface area (Å²) in [4.78, 5) is 8.28. The lowest BCUT2D eigenvalue weighted by atomic mass is 9.92. The summed E-state index contributed by atoms with van der Waals surface area (Å²) >= 11 is 0. The van der Waals surface area contributed by atoms with Crippen molar-refractivity contribution in [1.29, 1.82) is 0 Å². The number of ether oxygens (including phenoxy) is 2. The van der Waals surface area contributed by atoms with Crippen LogP contribution in [0.3, 0.4) is 0 Å². The Labute approximate surface area is 195 Å². The van der Waals surface area contributed by atoms with E-state index in [2.05, 4.69) is 16.9 Å². The smallest absolute Gasteiger partial charge is 0.421 e. The number of hydrogen-bond acceptors (Lipinski definition) is 4. The number of nitrogens with zero attached hydrogens (tertiary/aromatic N) is 3. The van der Waals surface area contributed by atoms with Gasteiger partial charge in [0.1, 0.15) is 11.7 Å². The Hall–Kier alpha value is -3.13. The van der Waals surface area contributed by atoms with E-state index in [1.165, 1.54) is 6.20 Å². The summed E-state index contributed by atoms with van der Waals surface area (Å²) < 4.78 is 55.1. The zero-order valence-corrected chi connectivity index (χ0v) is 19.1. The Morgan fingerprint density at radius 2 is 1.82 bits per heavy atom. The molecule has 34 heavy (non-hydrogen) atoms. The minimum absolute atomic E-state index is 0.0490. The van der Waals surface area contributed by atoms with Crippen LogP contribution >= 0.6 is 0 Å². The summed E-state index contributed by atoms with van der Waals surface area (Å²) in [7, 11) is 1.93. The molecule has 0 amide bonds. The molecule has 0 bridgehead atoms. The molecular formula is C26H26F3N3O2. The van der Waals surface area contributed by atoms with Crippen LogP contribution in [0.2, 0.25) is 0 Å². The normalized spacial score (nSPS) is 18.4. The van der Waals surface area contributed by atoms with E-state index in [0.717, 1.165) is 40.7 Å². The number of aromatic nitrogens is 3. The molecule has 4 aromatic rings. The predicted molar refractivity (Wildman–Crippen MR) is 125 cm³/mol. The van der Waals surface area contributed by atoms with Gasteiger partial charge in [-0.3, -0.25) is 4.98 Å². The third kappa shape index (κ3) is 4.22. The molecule has 0 radical (unpaired) electrons. The van der Waals surface area contributed by atoms with Gasteiger partial charge in [-0.25, -0.2) is 4.98 Å². The molecule has 0 N–H and O–H groups in total. The molecule has 1 fully saturated rings. The van der Waals surface area contributed by atoms with Crippen molar-refractivity contribution in [2.75, 3.05) is 6.61 Å². The van der Waals surface area contributed by atoms with Gasteiger partial charge in [-0.05, 0) is 30.2 Å². The highest BCUT2D eigenvalue weighted by atomic mass is 19.4. The van der Waals surface area contributed by atoms with Crippen molar-refractivity contribution in [3.63, 3.8) is 0 Å². The monoisotopic (exact) mass is 469 g/mol. The highest BCUT2D eigenvalue weighted by Crippen LogP contribution is 2.40. The summed E-state index contributed by atoms with van der Waals surface area (Å²) in [5.41, 5.74) is 2.11. The molecule has 0 saturated heterocycles. The summed E-state index contributed by atoms with van der Waals surface area (Å²) in [5.74, 6) is -0.370. The lowest BCUT2D eigenvalue weighted by molar-refractivity contribution is -0.140. The second-order valence-electron chi connectivity index (χ2n) is 8.82. The van der Waals surface area contributed by atoms with E-state index >= 15 is 0 Å². The van der Waals surface area contributed by atoms with Gasteiger partial charge in [0.25, 0.3) is 0 Å². The lowest BCUT2D eigenvalue weighted by Crippen LogP contribution is -2.40. The molecule has 5 rings (SSSR count). The van der Waals surface area contributed by atoms with Crippen LogP contribution in [0.5, 0.6) is 5.88 Å². The van der Waals surface area contributed by atoms with Crippen LogP contribution in [0.1, 0.15) is 38.2 Å². The van der Waals surface area contributed by atoms with Crippen molar-refractivity contribution in [3.8, 4) is 17.0 Å². The average Bonchev–Trinajstić information content (AvgIpc) is 3.08. The number of aryl methyl sites for hydroxylation is 1. The second-order valence-corrected chi connectivity index (χ2v) is 8.82. The maximum atomic E-state index is 13.9. The number of halogens is 3. The first-order valence-electron chi connectivity index (χ1n) is 11.5. The highest BCUT2D eigenvalue weighted by Gasteiger charge is 2.39. The SMILES string of the molecule is CCCCOC1CC(Oc2ncc(-c3ccc4c5cnccc5n(C)c4c3)cc2C(F)(F)F)C1. The van der Waals surface area contributed by atoms with Crippen molar-refractivity contribution in [2.45, 2.75) is 51.0 Å². The standard InChI is InChI=1S/C26H26F3N3O2/c1-3-4-9-33-18-12-19(13-18)34-25-22(26(27,28)29)10-17(14-31-25)16-5-6-20-21-15-30-8-7-23(21)32(2)24(20)11-16/h5-8,10-11,14-15,18-19H,3-4,9,12-13H2,1-2H3. The number of hydrogen-bond donors (Lipinski definition) is 0. The molecule has 5 nitrogen and oxygen atoms in total. The van der Waals surface area contributed by atoms with Crippen molar-refractivity contribution in [3.05, 3.63) is 54.5 Å². The van der Waals surface area contributed by atoms with Crippen molar-refractivity contribution in [1.82, 2.24) is 14.5 Å². The molecule has 1 aromatic carbocycles. The van der Waals surface area contributed by atoms with Crippen LogP contribution in [-0.2, 0) is 18.0 Å². The molecule has 1 saturated carbocycles. The first kappa shape index (κ1) is 22.7. The largest absolute Gasteiger partial charge is 0.474 e. The Morgan fingerprint density at radius 1 is 1.00 bits per heavy atom. The molecule has 178 valence electrons. The number of fused-ring (bicyclic) bond motifs is 3. The van der Waals surface area contributed by atoms with E-state index in [-0.39, 0.29) is 18.1 Å². The van der Waals surface area contributed by atoms with Crippen LogP contribution in [0.25, 0.3) is 32.9 Å². The van der Waals surface area contributed by atoms with Crippen LogP contribution in [0.15, 0.2) is 48.9 Å². The first-order valence-corrected chi connectivity index (χ1v) is 11.5. The van der Waals surface area contributed by atoms with Crippen molar-refractivity contribution in [2.24, 2.45) is 7.05 Å². The van der Waals surface area contributed by atoms with Crippen LogP contribution in [0.4, 0.5) is 13.2 Å². The second kappa shape index (κ2) is 8.91. The van der Waals surface area contributed by atoms with Crippen LogP contribution in [0, 0.1) is 0 Å². The molecule has 0 atom stereocenters. The molecule has 8 heteroatoms. The topological polar surface area (TPSA) is 49.2 Å². The third-order valence-corrected chi connectivity index (χ3v) is 6.48.